The van der Waals surface area contributed by atoms with Crippen molar-refractivity contribution in [1.29, 1.82) is 5.26 Å². The molecule has 2 aromatic heterocycles. The number of pyridine rings is 2. The highest BCUT2D eigenvalue weighted by Crippen LogP contribution is 2.37. The second kappa shape index (κ2) is 12.0. The quantitative estimate of drug-likeness (QED) is 0.240. The number of nitriles is 1. The highest BCUT2D eigenvalue weighted by molar-refractivity contribution is 7.98. The summed E-state index contributed by atoms with van der Waals surface area (Å²) in [7, 11) is 3.17. The van der Waals surface area contributed by atoms with Crippen molar-refractivity contribution in [3.05, 3.63) is 70.1 Å². The van der Waals surface area contributed by atoms with Crippen LogP contribution in [-0.2, 0) is 5.75 Å². The molecule has 1 amide bonds. The lowest BCUT2D eigenvalue weighted by molar-refractivity contribution is 0.0285. The van der Waals surface area contributed by atoms with Gasteiger partial charge in [-0.2, -0.15) is 5.26 Å². The number of amides is 1. The fraction of sp³-hybridized carbons (Fsp3) is 0.269. The average Bonchev–Trinajstić information content (AvgIpc) is 2.87. The predicted molar refractivity (Wildman–Crippen MR) is 142 cm³/mol. The fourth-order valence-electron chi connectivity index (χ4n) is 3.25. The Morgan fingerprint density at radius 3 is 2.67 bits per heavy atom. The highest BCUT2D eigenvalue weighted by atomic mass is 35.5. The minimum Gasteiger partial charge on any atom is -0.491 e. The first-order chi connectivity index (χ1) is 17.2. The van der Waals surface area contributed by atoms with Crippen molar-refractivity contribution in [2.75, 3.05) is 20.7 Å². The number of aliphatic imine (C=N–C) groups is 1. The van der Waals surface area contributed by atoms with E-state index < -0.39 is 5.60 Å². The van der Waals surface area contributed by atoms with Crippen LogP contribution in [0.4, 0.5) is 0 Å². The Bertz CT molecular complexity index is 1310. The Morgan fingerprint density at radius 1 is 1.33 bits per heavy atom. The lowest BCUT2D eigenvalue weighted by Gasteiger charge is -2.18. The number of rotatable bonds is 9. The van der Waals surface area contributed by atoms with Gasteiger partial charge in [0.2, 0.25) is 0 Å². The van der Waals surface area contributed by atoms with Gasteiger partial charge in [0, 0.05) is 43.4 Å². The molecule has 2 N–H and O–H groups in total. The predicted octanol–water partition coefficient (Wildman–Crippen LogP) is 4.52. The lowest BCUT2D eigenvalue weighted by atomic mass is 9.97. The van der Waals surface area contributed by atoms with Crippen molar-refractivity contribution in [3.8, 4) is 22.9 Å². The molecule has 36 heavy (non-hydrogen) atoms. The molecule has 0 fully saturated rings. The van der Waals surface area contributed by atoms with Crippen LogP contribution in [0.3, 0.4) is 0 Å². The van der Waals surface area contributed by atoms with Gasteiger partial charge < -0.3 is 15.2 Å². The number of carbonyl (C=O) groups excluding carboxylic acids is 1. The van der Waals surface area contributed by atoms with Crippen LogP contribution < -0.4 is 10.1 Å². The van der Waals surface area contributed by atoms with E-state index in [0.717, 1.165) is 11.1 Å². The number of thioether (sulfide) groups is 1. The van der Waals surface area contributed by atoms with Crippen LogP contribution in [0.5, 0.6) is 5.75 Å². The summed E-state index contributed by atoms with van der Waals surface area (Å²) >= 11 is 7.89. The summed E-state index contributed by atoms with van der Waals surface area (Å²) in [6.45, 7) is 3.48. The van der Waals surface area contributed by atoms with E-state index in [2.05, 4.69) is 26.3 Å². The topological polar surface area (TPSA) is 120 Å². The van der Waals surface area contributed by atoms with E-state index in [1.807, 2.05) is 12.1 Å². The summed E-state index contributed by atoms with van der Waals surface area (Å²) in [4.78, 5) is 24.6. The Labute approximate surface area is 219 Å². The van der Waals surface area contributed by atoms with Gasteiger partial charge in [0.25, 0.3) is 5.91 Å². The molecule has 2 heterocycles. The number of benzene rings is 1. The summed E-state index contributed by atoms with van der Waals surface area (Å²) < 4.78 is 5.65. The summed E-state index contributed by atoms with van der Waals surface area (Å²) in [5.41, 5.74) is 2.46. The molecule has 0 aliphatic rings. The number of hydrogen-bond donors (Lipinski definition) is 2. The smallest absolute Gasteiger partial charge is 0.269 e. The van der Waals surface area contributed by atoms with Crippen LogP contribution in [-0.4, -0.2) is 53.5 Å². The van der Waals surface area contributed by atoms with E-state index in [1.54, 1.807) is 64.6 Å². The molecule has 0 radical (unpaired) electrons. The standard InChI is InChI=1S/C26H26ClN5O3S/c1-26(2,34)15-35-18-7-5-17(6-8-18)22-19(12-28)25(32-23(27)20(22)13-29-3)36-14-16-9-10-31-21(11-16)24(33)30-4/h5-11,13,34H,14-15H2,1-4H3,(H,30,33). The number of nitrogens with zero attached hydrogens (tertiary/aromatic N) is 4. The second-order valence-corrected chi connectivity index (χ2v) is 9.74. The van der Waals surface area contributed by atoms with Gasteiger partial charge in [-0.05, 0) is 49.2 Å². The third-order valence-corrected chi connectivity index (χ3v) is 6.25. The van der Waals surface area contributed by atoms with Crippen LogP contribution in [0, 0.1) is 11.3 Å². The van der Waals surface area contributed by atoms with Crippen LogP contribution in [0.1, 0.15) is 41.0 Å². The number of carbonyl (C=O) groups is 1. The molecular weight excluding hydrogens is 498 g/mol. The fourth-order valence-corrected chi connectivity index (χ4v) is 4.46. The third kappa shape index (κ3) is 6.82. The summed E-state index contributed by atoms with van der Waals surface area (Å²) in [6.07, 6.45) is 3.15. The zero-order chi connectivity index (χ0) is 26.3. The van der Waals surface area contributed by atoms with Gasteiger partial charge in [0.05, 0.1) is 11.2 Å². The highest BCUT2D eigenvalue weighted by Gasteiger charge is 2.21. The molecule has 3 aromatic rings. The monoisotopic (exact) mass is 523 g/mol. The molecule has 0 aliphatic carbocycles. The van der Waals surface area contributed by atoms with E-state index in [4.69, 9.17) is 16.3 Å². The molecule has 0 spiro atoms. The van der Waals surface area contributed by atoms with Crippen molar-refractivity contribution in [1.82, 2.24) is 15.3 Å². The van der Waals surface area contributed by atoms with Crippen LogP contribution in [0.2, 0.25) is 5.15 Å². The second-order valence-electron chi connectivity index (χ2n) is 8.41. The van der Waals surface area contributed by atoms with E-state index in [0.29, 0.717) is 38.9 Å². The number of aromatic nitrogens is 2. The van der Waals surface area contributed by atoms with E-state index in [-0.39, 0.29) is 17.7 Å². The first-order valence-corrected chi connectivity index (χ1v) is 12.3. The van der Waals surface area contributed by atoms with Gasteiger partial charge in [-0.3, -0.25) is 14.8 Å². The van der Waals surface area contributed by atoms with Crippen LogP contribution >= 0.6 is 23.4 Å². The number of nitrogens with one attached hydrogen (secondary N) is 1. The molecule has 0 unspecified atom stereocenters. The normalized spacial score (nSPS) is 11.4. The van der Waals surface area contributed by atoms with Gasteiger partial charge in [0.15, 0.2) is 0 Å². The molecular formula is C26H26ClN5O3S. The molecule has 10 heteroatoms. The van der Waals surface area contributed by atoms with Crippen molar-refractivity contribution >= 4 is 35.5 Å². The number of hydrogen-bond acceptors (Lipinski definition) is 8. The Hall–Kier alpha value is -3.45. The summed E-state index contributed by atoms with van der Waals surface area (Å²) in [5, 5.41) is 23.3. The SMILES string of the molecule is CN=Cc1c(Cl)nc(SCc2ccnc(C(=O)NC)c2)c(C#N)c1-c1ccc(OCC(C)(C)O)cc1. The third-order valence-electron chi connectivity index (χ3n) is 4.92. The Balaban J connectivity index is 1.98. The van der Waals surface area contributed by atoms with E-state index in [9.17, 15) is 15.2 Å². The molecule has 1 aromatic carbocycles. The minimum absolute atomic E-state index is 0.141. The van der Waals surface area contributed by atoms with Gasteiger partial charge in [-0.15, -0.1) is 11.8 Å². The van der Waals surface area contributed by atoms with Crippen molar-refractivity contribution in [3.63, 3.8) is 0 Å². The van der Waals surface area contributed by atoms with Crippen LogP contribution in [0.15, 0.2) is 52.6 Å². The maximum absolute atomic E-state index is 11.9. The number of aliphatic hydroxyl groups is 1. The Morgan fingerprint density at radius 2 is 2.06 bits per heavy atom. The zero-order valence-electron chi connectivity index (χ0n) is 20.4. The first kappa shape index (κ1) is 27.1. The Kier molecular flexibility index (Phi) is 9.04. The van der Waals surface area contributed by atoms with E-state index >= 15 is 0 Å². The van der Waals surface area contributed by atoms with Crippen LogP contribution in [0.25, 0.3) is 11.1 Å². The summed E-state index contributed by atoms with van der Waals surface area (Å²) in [5.74, 6) is 0.764. The lowest BCUT2D eigenvalue weighted by Crippen LogP contribution is -2.27. The van der Waals surface area contributed by atoms with Crippen molar-refractivity contribution in [2.45, 2.75) is 30.2 Å². The molecule has 0 saturated heterocycles. The molecule has 0 atom stereocenters. The first-order valence-electron chi connectivity index (χ1n) is 11.0. The van der Waals surface area contributed by atoms with Gasteiger partial charge in [-0.25, -0.2) is 4.98 Å². The largest absolute Gasteiger partial charge is 0.491 e. The average molecular weight is 524 g/mol. The van der Waals surface area contributed by atoms with Gasteiger partial charge in [0.1, 0.15) is 34.3 Å². The molecule has 0 bridgehead atoms. The van der Waals surface area contributed by atoms with E-state index in [1.165, 1.54) is 11.8 Å². The number of ether oxygens (including phenoxy) is 1. The molecule has 8 nitrogen and oxygen atoms in total. The summed E-state index contributed by atoms with van der Waals surface area (Å²) in [6, 6.07) is 13.0. The zero-order valence-corrected chi connectivity index (χ0v) is 21.9. The van der Waals surface area contributed by atoms with Gasteiger partial charge in [-0.1, -0.05) is 23.7 Å². The van der Waals surface area contributed by atoms with Gasteiger partial charge >= 0.3 is 0 Å². The molecule has 0 saturated carbocycles. The molecule has 186 valence electrons. The number of halogens is 1. The maximum atomic E-state index is 11.9. The molecule has 0 aliphatic heterocycles. The maximum Gasteiger partial charge on any atom is 0.269 e. The van der Waals surface area contributed by atoms with Crippen molar-refractivity contribution in [2.24, 2.45) is 4.99 Å². The van der Waals surface area contributed by atoms with Crippen molar-refractivity contribution < 1.29 is 14.6 Å². The minimum atomic E-state index is -0.960. The molecule has 3 rings (SSSR count).